The zero-order chi connectivity index (χ0) is 24.9. The Morgan fingerprint density at radius 3 is 2.60 bits per heavy atom. The van der Waals surface area contributed by atoms with E-state index in [1.807, 2.05) is 70.2 Å². The van der Waals surface area contributed by atoms with Crippen molar-refractivity contribution in [3.8, 4) is 22.9 Å². The van der Waals surface area contributed by atoms with Crippen LogP contribution in [0.15, 0.2) is 57.7 Å². The zero-order valence-corrected chi connectivity index (χ0v) is 21.0. The summed E-state index contributed by atoms with van der Waals surface area (Å²) < 4.78 is 15.0. The second kappa shape index (κ2) is 8.74. The fourth-order valence-corrected chi connectivity index (χ4v) is 4.64. The highest BCUT2D eigenvalue weighted by Gasteiger charge is 2.21. The lowest BCUT2D eigenvalue weighted by Gasteiger charge is -2.13. The number of para-hydroxylation sites is 1. The van der Waals surface area contributed by atoms with Gasteiger partial charge in [-0.1, -0.05) is 29.8 Å². The van der Waals surface area contributed by atoms with Crippen molar-refractivity contribution >= 4 is 22.6 Å². The molecule has 0 aliphatic heterocycles. The number of ether oxygens (including phenoxy) is 1. The summed E-state index contributed by atoms with van der Waals surface area (Å²) in [5.74, 6) is 1.75. The number of aromatic nitrogens is 4. The molecule has 0 amide bonds. The lowest BCUT2D eigenvalue weighted by atomic mass is 10.1. The fraction of sp³-hybridized carbons (Fsp3) is 0.222. The molecule has 0 unspecified atom stereocenters. The second-order valence-corrected chi connectivity index (χ2v) is 8.96. The summed E-state index contributed by atoms with van der Waals surface area (Å²) >= 11 is 6.42. The van der Waals surface area contributed by atoms with E-state index in [0.717, 1.165) is 33.5 Å². The summed E-state index contributed by atoms with van der Waals surface area (Å²) in [6.45, 7) is 7.90. The third-order valence-electron chi connectivity index (χ3n) is 6.30. The van der Waals surface area contributed by atoms with E-state index >= 15 is 0 Å². The maximum atomic E-state index is 13.3. The lowest BCUT2D eigenvalue weighted by molar-refractivity contribution is 0.414. The first-order valence-electron chi connectivity index (χ1n) is 11.2. The van der Waals surface area contributed by atoms with Gasteiger partial charge < -0.3 is 9.15 Å². The Morgan fingerprint density at radius 2 is 1.83 bits per heavy atom. The van der Waals surface area contributed by atoms with E-state index in [-0.39, 0.29) is 12.1 Å². The van der Waals surface area contributed by atoms with Crippen LogP contribution in [0.3, 0.4) is 0 Å². The van der Waals surface area contributed by atoms with E-state index in [0.29, 0.717) is 33.8 Å². The van der Waals surface area contributed by atoms with Crippen molar-refractivity contribution < 1.29 is 9.15 Å². The molecule has 0 atom stereocenters. The number of halogens is 1. The quantitative estimate of drug-likeness (QED) is 0.313. The Labute approximate surface area is 207 Å². The molecule has 0 radical (unpaired) electrons. The number of benzene rings is 2. The molecule has 5 aromatic rings. The lowest BCUT2D eigenvalue weighted by Crippen LogP contribution is -2.23. The average molecular weight is 489 g/mol. The van der Waals surface area contributed by atoms with Crippen molar-refractivity contribution in [2.45, 2.75) is 34.2 Å². The zero-order valence-electron chi connectivity index (χ0n) is 20.2. The van der Waals surface area contributed by atoms with Crippen LogP contribution in [-0.2, 0) is 6.54 Å². The van der Waals surface area contributed by atoms with E-state index in [9.17, 15) is 4.79 Å². The van der Waals surface area contributed by atoms with Crippen LogP contribution in [0.1, 0.15) is 28.3 Å². The maximum Gasteiger partial charge on any atom is 0.252 e. The molecule has 7 nitrogen and oxygen atoms in total. The largest absolute Gasteiger partial charge is 0.496 e. The van der Waals surface area contributed by atoms with Gasteiger partial charge in [0, 0.05) is 16.5 Å². The number of pyridine rings is 1. The van der Waals surface area contributed by atoms with E-state index in [2.05, 4.69) is 0 Å². The third-order valence-corrected chi connectivity index (χ3v) is 6.71. The summed E-state index contributed by atoms with van der Waals surface area (Å²) in [4.78, 5) is 18.0. The first-order valence-corrected chi connectivity index (χ1v) is 11.6. The molecular formula is C27H25ClN4O3. The van der Waals surface area contributed by atoms with Gasteiger partial charge in [-0.3, -0.25) is 9.36 Å². The van der Waals surface area contributed by atoms with Crippen LogP contribution in [0.2, 0.25) is 5.02 Å². The van der Waals surface area contributed by atoms with E-state index in [1.54, 1.807) is 22.4 Å². The maximum absolute atomic E-state index is 13.3. The van der Waals surface area contributed by atoms with Crippen molar-refractivity contribution in [1.82, 2.24) is 19.3 Å². The standard InChI is InChI=1S/C27H25ClN4O3/c1-15-13-24(33)31(14-21-18(4)35-26(29-21)19-9-6-7-12-23(19)34-5)27-25(15)17(3)30-32(27)22-11-8-10-20(28)16(22)2/h6-13H,14H2,1-5H3. The third kappa shape index (κ3) is 3.82. The number of fused-ring (bicyclic) bond motifs is 1. The molecule has 0 bridgehead atoms. The van der Waals surface area contributed by atoms with Crippen LogP contribution < -0.4 is 10.3 Å². The van der Waals surface area contributed by atoms with Gasteiger partial charge in [0.25, 0.3) is 5.56 Å². The van der Waals surface area contributed by atoms with Gasteiger partial charge >= 0.3 is 0 Å². The molecule has 0 aliphatic rings. The Hall–Kier alpha value is -3.84. The molecule has 2 aromatic carbocycles. The van der Waals surface area contributed by atoms with Gasteiger partial charge in [0.1, 0.15) is 22.9 Å². The van der Waals surface area contributed by atoms with Crippen LogP contribution in [0, 0.1) is 27.7 Å². The molecule has 178 valence electrons. The Kier molecular flexibility index (Phi) is 5.73. The van der Waals surface area contributed by atoms with Gasteiger partial charge in [-0.15, -0.1) is 0 Å². The Bertz CT molecular complexity index is 1640. The molecule has 8 heteroatoms. The number of hydrogen-bond acceptors (Lipinski definition) is 5. The van der Waals surface area contributed by atoms with Gasteiger partial charge in [-0.05, 0) is 63.1 Å². The van der Waals surface area contributed by atoms with Gasteiger partial charge in [-0.25, -0.2) is 9.67 Å². The summed E-state index contributed by atoms with van der Waals surface area (Å²) in [5.41, 5.74) is 5.37. The Balaban J connectivity index is 1.71. The fourth-order valence-electron chi connectivity index (χ4n) is 4.47. The highest BCUT2D eigenvalue weighted by atomic mass is 35.5. The first-order chi connectivity index (χ1) is 16.8. The molecule has 0 fully saturated rings. The molecule has 0 N–H and O–H groups in total. The van der Waals surface area contributed by atoms with E-state index < -0.39 is 0 Å². The summed E-state index contributed by atoms with van der Waals surface area (Å²) in [6.07, 6.45) is 0. The normalized spacial score (nSPS) is 11.4. The topological polar surface area (TPSA) is 75.1 Å². The number of oxazole rings is 1. The molecule has 0 saturated heterocycles. The molecule has 5 rings (SSSR count). The molecule has 3 heterocycles. The first kappa shape index (κ1) is 22.9. The molecule has 0 saturated carbocycles. The number of methoxy groups -OCH3 is 1. The predicted octanol–water partition coefficient (Wildman–Crippen LogP) is 5.79. The van der Waals surface area contributed by atoms with E-state index in [1.165, 1.54) is 0 Å². The van der Waals surface area contributed by atoms with Gasteiger partial charge in [0.05, 0.1) is 30.6 Å². The highest BCUT2D eigenvalue weighted by Crippen LogP contribution is 2.32. The van der Waals surface area contributed by atoms with Gasteiger partial charge in [-0.2, -0.15) is 5.10 Å². The number of hydrogen-bond donors (Lipinski definition) is 0. The molecule has 0 aliphatic carbocycles. The number of aryl methyl sites for hydroxylation is 3. The van der Waals surface area contributed by atoms with Crippen LogP contribution >= 0.6 is 11.6 Å². The number of nitrogens with zero attached hydrogens (tertiary/aromatic N) is 4. The molecular weight excluding hydrogens is 464 g/mol. The smallest absolute Gasteiger partial charge is 0.252 e. The van der Waals surface area contributed by atoms with Crippen LogP contribution in [0.25, 0.3) is 28.2 Å². The average Bonchev–Trinajstić information content (AvgIpc) is 3.38. The summed E-state index contributed by atoms with van der Waals surface area (Å²) in [5, 5.41) is 6.37. The van der Waals surface area contributed by atoms with Gasteiger partial charge in [0.15, 0.2) is 0 Å². The molecule has 0 spiro atoms. The summed E-state index contributed by atoms with van der Waals surface area (Å²) in [7, 11) is 1.61. The van der Waals surface area contributed by atoms with Crippen LogP contribution in [-0.4, -0.2) is 26.4 Å². The van der Waals surface area contributed by atoms with Crippen molar-refractivity contribution in [3.63, 3.8) is 0 Å². The SMILES string of the molecule is COc1ccccc1-c1nc(Cn2c(=O)cc(C)c3c(C)nn(-c4cccc(Cl)c4C)c32)c(C)o1. The molecule has 3 aromatic heterocycles. The van der Waals surface area contributed by atoms with Crippen molar-refractivity contribution in [2.75, 3.05) is 7.11 Å². The van der Waals surface area contributed by atoms with Crippen molar-refractivity contribution in [3.05, 3.63) is 92.2 Å². The minimum Gasteiger partial charge on any atom is -0.496 e. The minimum absolute atomic E-state index is 0.142. The highest BCUT2D eigenvalue weighted by molar-refractivity contribution is 6.31. The molecule has 35 heavy (non-hydrogen) atoms. The second-order valence-electron chi connectivity index (χ2n) is 8.55. The van der Waals surface area contributed by atoms with Gasteiger partial charge in [0.2, 0.25) is 5.89 Å². The van der Waals surface area contributed by atoms with Crippen molar-refractivity contribution in [1.29, 1.82) is 0 Å². The van der Waals surface area contributed by atoms with Crippen molar-refractivity contribution in [2.24, 2.45) is 0 Å². The minimum atomic E-state index is -0.142. The van der Waals surface area contributed by atoms with E-state index in [4.69, 9.17) is 30.8 Å². The number of rotatable bonds is 5. The van der Waals surface area contributed by atoms with Crippen LogP contribution in [0.5, 0.6) is 5.75 Å². The Morgan fingerprint density at radius 1 is 1.06 bits per heavy atom. The monoisotopic (exact) mass is 488 g/mol. The predicted molar refractivity (Wildman–Crippen MR) is 137 cm³/mol. The summed E-state index contributed by atoms with van der Waals surface area (Å²) in [6, 6.07) is 14.9. The van der Waals surface area contributed by atoms with Crippen LogP contribution in [0.4, 0.5) is 0 Å².